The SMILES string of the molecule is CN(CCC(CI)N(C)C)c1ccnc(C(=O)N(O)Cc2ccccc2)c1. The molecule has 7 heteroatoms. The highest BCUT2D eigenvalue weighted by Crippen LogP contribution is 2.16. The molecule has 146 valence electrons. The van der Waals surface area contributed by atoms with Crippen molar-refractivity contribution in [3.05, 3.63) is 59.9 Å². The van der Waals surface area contributed by atoms with Crippen LogP contribution < -0.4 is 4.90 Å². The summed E-state index contributed by atoms with van der Waals surface area (Å²) in [5.41, 5.74) is 2.00. The Morgan fingerprint density at radius 2 is 1.89 bits per heavy atom. The van der Waals surface area contributed by atoms with Gasteiger partial charge in [-0.25, -0.2) is 5.06 Å². The fourth-order valence-electron chi connectivity index (χ4n) is 2.68. The van der Waals surface area contributed by atoms with E-state index in [0.29, 0.717) is 11.1 Å². The van der Waals surface area contributed by atoms with Crippen LogP contribution >= 0.6 is 22.6 Å². The Balaban J connectivity index is 2.01. The molecule has 0 fully saturated rings. The Kier molecular flexibility index (Phi) is 8.46. The average molecular weight is 482 g/mol. The zero-order valence-electron chi connectivity index (χ0n) is 16.0. The van der Waals surface area contributed by atoms with E-state index < -0.39 is 5.91 Å². The summed E-state index contributed by atoms with van der Waals surface area (Å²) in [7, 11) is 6.19. The molecule has 0 bridgehead atoms. The molecular weight excluding hydrogens is 455 g/mol. The summed E-state index contributed by atoms with van der Waals surface area (Å²) >= 11 is 2.41. The monoisotopic (exact) mass is 482 g/mol. The molecule has 1 aromatic carbocycles. The largest absolute Gasteiger partial charge is 0.374 e. The number of aromatic nitrogens is 1. The number of rotatable bonds is 9. The normalized spacial score (nSPS) is 12.1. The number of pyridine rings is 1. The quantitative estimate of drug-likeness (QED) is 0.257. The summed E-state index contributed by atoms with van der Waals surface area (Å²) in [5, 5.41) is 10.9. The van der Waals surface area contributed by atoms with E-state index in [2.05, 4.69) is 51.5 Å². The van der Waals surface area contributed by atoms with Crippen LogP contribution in [-0.4, -0.2) is 64.2 Å². The zero-order chi connectivity index (χ0) is 19.8. The zero-order valence-corrected chi connectivity index (χ0v) is 18.2. The maximum Gasteiger partial charge on any atom is 0.296 e. The van der Waals surface area contributed by atoms with Crippen LogP contribution in [0, 0.1) is 0 Å². The third-order valence-electron chi connectivity index (χ3n) is 4.52. The third-order valence-corrected chi connectivity index (χ3v) is 5.54. The van der Waals surface area contributed by atoms with Gasteiger partial charge in [0, 0.05) is 35.9 Å². The molecule has 6 nitrogen and oxygen atoms in total. The third kappa shape index (κ3) is 6.44. The molecule has 1 unspecified atom stereocenters. The maximum absolute atomic E-state index is 12.5. The number of amides is 1. The fraction of sp³-hybridized carbons (Fsp3) is 0.400. The number of benzene rings is 1. The maximum atomic E-state index is 12.5. The first-order chi connectivity index (χ1) is 12.9. The minimum Gasteiger partial charge on any atom is -0.374 e. The molecule has 1 amide bonds. The Hall–Kier alpha value is -1.71. The molecule has 0 aliphatic rings. The molecular formula is C20H27IN4O2. The summed E-state index contributed by atoms with van der Waals surface area (Å²) in [5.74, 6) is -0.507. The molecule has 1 aromatic heterocycles. The lowest BCUT2D eigenvalue weighted by Gasteiger charge is -2.26. The number of carbonyl (C=O) groups is 1. The van der Waals surface area contributed by atoms with Crippen LogP contribution in [0.25, 0.3) is 0 Å². The van der Waals surface area contributed by atoms with E-state index in [-0.39, 0.29) is 12.2 Å². The topological polar surface area (TPSA) is 59.9 Å². The summed E-state index contributed by atoms with van der Waals surface area (Å²) in [4.78, 5) is 21.0. The van der Waals surface area contributed by atoms with Gasteiger partial charge >= 0.3 is 0 Å². The van der Waals surface area contributed by atoms with Gasteiger partial charge in [-0.3, -0.25) is 15.0 Å². The van der Waals surface area contributed by atoms with Gasteiger partial charge in [-0.1, -0.05) is 52.9 Å². The summed E-state index contributed by atoms with van der Waals surface area (Å²) in [6.07, 6.45) is 2.63. The molecule has 0 spiro atoms. The minimum absolute atomic E-state index is 0.127. The molecule has 0 aliphatic heterocycles. The second-order valence-corrected chi connectivity index (χ2v) is 7.61. The highest BCUT2D eigenvalue weighted by molar-refractivity contribution is 14.1. The molecule has 1 heterocycles. The lowest BCUT2D eigenvalue weighted by molar-refractivity contribution is -0.0652. The van der Waals surface area contributed by atoms with E-state index in [0.717, 1.165) is 28.6 Å². The second-order valence-electron chi connectivity index (χ2n) is 6.73. The Labute approximate surface area is 174 Å². The van der Waals surface area contributed by atoms with E-state index in [1.165, 1.54) is 0 Å². The van der Waals surface area contributed by atoms with E-state index in [1.807, 2.05) is 43.4 Å². The number of hydroxylamine groups is 2. The highest BCUT2D eigenvalue weighted by Gasteiger charge is 2.17. The van der Waals surface area contributed by atoms with Gasteiger partial charge < -0.3 is 9.80 Å². The van der Waals surface area contributed by atoms with Crippen molar-refractivity contribution in [3.63, 3.8) is 0 Å². The van der Waals surface area contributed by atoms with Crippen molar-refractivity contribution in [2.24, 2.45) is 0 Å². The molecule has 0 saturated heterocycles. The van der Waals surface area contributed by atoms with Crippen LogP contribution in [0.3, 0.4) is 0 Å². The number of halogens is 1. The van der Waals surface area contributed by atoms with Crippen molar-refractivity contribution < 1.29 is 10.0 Å². The van der Waals surface area contributed by atoms with Crippen molar-refractivity contribution >= 4 is 34.2 Å². The standard InChI is InChI=1S/C20H27IN4O2/c1-23(2)18(14-21)10-12-24(3)17-9-11-22-19(13-17)20(26)25(27)15-16-7-5-4-6-8-16/h4-9,11,13,18,27H,10,12,14-15H2,1-3H3. The second kappa shape index (κ2) is 10.6. The predicted octanol–water partition coefficient (Wildman–Crippen LogP) is 3.30. The molecule has 27 heavy (non-hydrogen) atoms. The first-order valence-electron chi connectivity index (χ1n) is 8.86. The average Bonchev–Trinajstić information content (AvgIpc) is 2.68. The molecule has 0 aliphatic carbocycles. The van der Waals surface area contributed by atoms with E-state index in [4.69, 9.17) is 0 Å². The first kappa shape index (κ1) is 21.6. The Bertz CT molecular complexity index is 727. The number of hydrogen-bond acceptors (Lipinski definition) is 5. The highest BCUT2D eigenvalue weighted by atomic mass is 127. The number of alkyl halides is 1. The van der Waals surface area contributed by atoms with Crippen molar-refractivity contribution in [1.82, 2.24) is 14.9 Å². The summed E-state index contributed by atoms with van der Waals surface area (Å²) in [6.45, 7) is 0.998. The van der Waals surface area contributed by atoms with Gasteiger partial charge in [0.2, 0.25) is 0 Å². The first-order valence-corrected chi connectivity index (χ1v) is 10.4. The lowest BCUT2D eigenvalue weighted by Crippen LogP contribution is -2.33. The van der Waals surface area contributed by atoms with Crippen LogP contribution in [0.2, 0.25) is 0 Å². The van der Waals surface area contributed by atoms with Crippen LogP contribution in [0.5, 0.6) is 0 Å². The number of nitrogens with zero attached hydrogens (tertiary/aromatic N) is 4. The number of anilines is 1. The van der Waals surface area contributed by atoms with Crippen molar-refractivity contribution in [3.8, 4) is 0 Å². The molecule has 2 aromatic rings. The molecule has 1 N–H and O–H groups in total. The van der Waals surface area contributed by atoms with E-state index in [1.54, 1.807) is 12.3 Å². The van der Waals surface area contributed by atoms with Crippen molar-refractivity contribution in [2.45, 2.75) is 19.0 Å². The lowest BCUT2D eigenvalue weighted by atomic mass is 10.2. The van der Waals surface area contributed by atoms with Crippen LogP contribution in [-0.2, 0) is 6.54 Å². The van der Waals surface area contributed by atoms with Crippen molar-refractivity contribution in [1.29, 1.82) is 0 Å². The van der Waals surface area contributed by atoms with Gasteiger partial charge in [0.05, 0.1) is 6.54 Å². The molecule has 0 radical (unpaired) electrons. The van der Waals surface area contributed by atoms with Crippen molar-refractivity contribution in [2.75, 3.05) is 37.0 Å². The fourth-order valence-corrected chi connectivity index (χ4v) is 3.91. The Morgan fingerprint density at radius 3 is 2.52 bits per heavy atom. The van der Waals surface area contributed by atoms with E-state index in [9.17, 15) is 10.0 Å². The molecule has 1 atom stereocenters. The summed E-state index contributed by atoms with van der Waals surface area (Å²) < 4.78 is 1.07. The van der Waals surface area contributed by atoms with Gasteiger partial charge in [-0.15, -0.1) is 0 Å². The predicted molar refractivity (Wildman–Crippen MR) is 117 cm³/mol. The van der Waals surface area contributed by atoms with Crippen LogP contribution in [0.15, 0.2) is 48.7 Å². The van der Waals surface area contributed by atoms with Gasteiger partial charge in [-0.05, 0) is 38.2 Å². The number of carbonyl (C=O) groups excluding carboxylic acids is 1. The number of hydrogen-bond donors (Lipinski definition) is 1. The van der Waals surface area contributed by atoms with Crippen LogP contribution in [0.1, 0.15) is 22.5 Å². The van der Waals surface area contributed by atoms with Gasteiger partial charge in [0.1, 0.15) is 5.69 Å². The molecule has 0 saturated carbocycles. The van der Waals surface area contributed by atoms with E-state index >= 15 is 0 Å². The minimum atomic E-state index is -0.507. The van der Waals surface area contributed by atoms with Gasteiger partial charge in [-0.2, -0.15) is 0 Å². The smallest absolute Gasteiger partial charge is 0.296 e. The van der Waals surface area contributed by atoms with Crippen LogP contribution in [0.4, 0.5) is 5.69 Å². The molecule has 2 rings (SSSR count). The Morgan fingerprint density at radius 1 is 1.19 bits per heavy atom. The van der Waals surface area contributed by atoms with Gasteiger partial charge in [0.25, 0.3) is 5.91 Å². The van der Waals surface area contributed by atoms with Gasteiger partial charge in [0.15, 0.2) is 0 Å². The summed E-state index contributed by atoms with van der Waals surface area (Å²) in [6, 6.07) is 13.5.